The number of carbonyl (C=O) groups excluding carboxylic acids is 1. The predicted octanol–water partition coefficient (Wildman–Crippen LogP) is 1.69. The van der Waals surface area contributed by atoms with Crippen LogP contribution in [0, 0.1) is 40.3 Å². The monoisotopic (exact) mass is 270 g/mol. The molecular weight excluding hydrogens is 259 g/mol. The number of hydrogen-bond donors (Lipinski definition) is 1. The summed E-state index contributed by atoms with van der Waals surface area (Å²) in [7, 11) is 0. The Bertz CT molecular complexity index is 642. The molecule has 0 saturated heterocycles. The first-order valence-electron chi connectivity index (χ1n) is 5.97. The first-order valence-corrected chi connectivity index (χ1v) is 5.97. The molecule has 0 unspecified atom stereocenters. The molecule has 0 aliphatic carbocycles. The van der Waals surface area contributed by atoms with Crippen molar-refractivity contribution in [2.24, 2.45) is 16.9 Å². The van der Waals surface area contributed by atoms with Crippen LogP contribution < -0.4 is 5.43 Å². The Hall–Kier alpha value is -2.73. The Kier molecular flexibility index (Phi) is 3.76. The Labute approximate surface area is 115 Å². The summed E-state index contributed by atoms with van der Waals surface area (Å²) in [5.74, 6) is -3.40. The topological polar surface area (TPSA) is 89.0 Å². The molecule has 1 amide bonds. The molecule has 1 aliphatic heterocycles. The van der Waals surface area contributed by atoms with Crippen molar-refractivity contribution in [2.45, 2.75) is 12.8 Å². The smallest absolute Gasteiger partial charge is 0.249 e. The van der Waals surface area contributed by atoms with Gasteiger partial charge in [-0.05, 0) is 24.6 Å². The summed E-state index contributed by atoms with van der Waals surface area (Å²) in [6, 6.07) is 9.34. The van der Waals surface area contributed by atoms with Crippen LogP contribution >= 0.6 is 0 Å². The van der Waals surface area contributed by atoms with E-state index in [0.717, 1.165) is 0 Å². The van der Waals surface area contributed by atoms with Gasteiger partial charge in [0.15, 0.2) is 0 Å². The minimum Gasteiger partial charge on any atom is -0.272 e. The maximum absolute atomic E-state index is 13.4. The molecule has 20 heavy (non-hydrogen) atoms. The molecule has 1 aromatic rings. The van der Waals surface area contributed by atoms with Crippen LogP contribution in [-0.4, -0.2) is 11.6 Å². The van der Waals surface area contributed by atoms with Gasteiger partial charge in [0.1, 0.15) is 11.7 Å². The maximum atomic E-state index is 13.4. The van der Waals surface area contributed by atoms with E-state index in [1.165, 1.54) is 18.2 Å². The van der Waals surface area contributed by atoms with Crippen molar-refractivity contribution in [3.05, 3.63) is 35.6 Å². The van der Waals surface area contributed by atoms with Crippen LogP contribution in [0.5, 0.6) is 0 Å². The molecule has 1 heterocycles. The van der Waals surface area contributed by atoms with E-state index in [2.05, 4.69) is 10.5 Å². The minimum atomic E-state index is -1.06. The van der Waals surface area contributed by atoms with E-state index in [1.807, 2.05) is 12.1 Å². The highest BCUT2D eigenvalue weighted by atomic mass is 19.1. The fourth-order valence-electron chi connectivity index (χ4n) is 2.38. The summed E-state index contributed by atoms with van der Waals surface area (Å²) < 4.78 is 13.4. The number of hydrazone groups is 1. The number of amides is 1. The zero-order valence-corrected chi connectivity index (χ0v) is 10.7. The lowest BCUT2D eigenvalue weighted by Gasteiger charge is -2.23. The normalized spacial score (nSPS) is 18.9. The number of rotatable bonds is 3. The SMILES string of the molecule is CC1=NNC(=O)[C@H]1[C@H](c1cccc(F)c1)C(C#N)C#N. The van der Waals surface area contributed by atoms with E-state index in [4.69, 9.17) is 10.5 Å². The number of hydrogen-bond acceptors (Lipinski definition) is 4. The van der Waals surface area contributed by atoms with Crippen molar-refractivity contribution >= 4 is 11.6 Å². The summed E-state index contributed by atoms with van der Waals surface area (Å²) in [4.78, 5) is 11.9. The lowest BCUT2D eigenvalue weighted by Crippen LogP contribution is -2.32. The Balaban J connectivity index is 2.52. The molecule has 100 valence electrons. The van der Waals surface area contributed by atoms with Crippen LogP contribution in [0.25, 0.3) is 0 Å². The van der Waals surface area contributed by atoms with Crippen LogP contribution in [0.4, 0.5) is 4.39 Å². The van der Waals surface area contributed by atoms with Crippen molar-refractivity contribution < 1.29 is 9.18 Å². The van der Waals surface area contributed by atoms with Crippen molar-refractivity contribution in [3.8, 4) is 12.1 Å². The van der Waals surface area contributed by atoms with Gasteiger partial charge in [0.2, 0.25) is 5.91 Å². The molecule has 0 fully saturated rings. The fraction of sp³-hybridized carbons (Fsp3) is 0.286. The Morgan fingerprint density at radius 3 is 2.60 bits per heavy atom. The van der Waals surface area contributed by atoms with Crippen molar-refractivity contribution in [1.82, 2.24) is 5.43 Å². The zero-order chi connectivity index (χ0) is 14.7. The number of nitrogens with zero attached hydrogens (tertiary/aromatic N) is 3. The lowest BCUT2D eigenvalue weighted by molar-refractivity contribution is -0.122. The van der Waals surface area contributed by atoms with Gasteiger partial charge in [0.25, 0.3) is 0 Å². The molecule has 0 saturated carbocycles. The minimum absolute atomic E-state index is 0.382. The van der Waals surface area contributed by atoms with Gasteiger partial charge < -0.3 is 0 Å². The third-order valence-electron chi connectivity index (χ3n) is 3.30. The van der Waals surface area contributed by atoms with Gasteiger partial charge in [0.05, 0.1) is 18.1 Å². The van der Waals surface area contributed by atoms with Crippen molar-refractivity contribution in [1.29, 1.82) is 10.5 Å². The van der Waals surface area contributed by atoms with Crippen molar-refractivity contribution in [3.63, 3.8) is 0 Å². The number of benzene rings is 1. The summed E-state index contributed by atoms with van der Waals surface area (Å²) in [6.45, 7) is 1.64. The highest BCUT2D eigenvalue weighted by Crippen LogP contribution is 2.35. The van der Waals surface area contributed by atoms with Gasteiger partial charge in [-0.3, -0.25) is 4.79 Å². The zero-order valence-electron chi connectivity index (χ0n) is 10.7. The van der Waals surface area contributed by atoms with Crippen LogP contribution in [0.2, 0.25) is 0 Å². The molecule has 0 aromatic heterocycles. The van der Waals surface area contributed by atoms with Crippen molar-refractivity contribution in [2.75, 3.05) is 0 Å². The van der Waals surface area contributed by atoms with Gasteiger partial charge in [-0.1, -0.05) is 12.1 Å². The lowest BCUT2D eigenvalue weighted by atomic mass is 9.76. The summed E-state index contributed by atoms with van der Waals surface area (Å²) in [6.07, 6.45) is 0. The van der Waals surface area contributed by atoms with Crippen LogP contribution in [0.3, 0.4) is 0 Å². The summed E-state index contributed by atoms with van der Waals surface area (Å²) in [5, 5.41) is 22.1. The van der Waals surface area contributed by atoms with Gasteiger partial charge in [-0.2, -0.15) is 15.6 Å². The fourth-order valence-corrected chi connectivity index (χ4v) is 2.38. The van der Waals surface area contributed by atoms with E-state index in [0.29, 0.717) is 11.3 Å². The number of nitriles is 2. The van der Waals surface area contributed by atoms with Crippen LogP contribution in [0.15, 0.2) is 29.4 Å². The van der Waals surface area contributed by atoms with Gasteiger partial charge in [-0.25, -0.2) is 9.82 Å². The molecule has 0 radical (unpaired) electrons. The molecule has 2 atom stereocenters. The first kappa shape index (κ1) is 13.7. The number of carbonyl (C=O) groups is 1. The van der Waals surface area contributed by atoms with Crippen LogP contribution in [-0.2, 0) is 4.79 Å². The standard InChI is InChI=1S/C14H11FN4O/c1-8-12(14(20)19-18-8)13(10(6-16)7-17)9-3-2-4-11(15)5-9/h2-5,10,12-13H,1H3,(H,19,20)/t12-,13-/m1/s1. The Morgan fingerprint density at radius 2 is 2.10 bits per heavy atom. The molecule has 2 rings (SSSR count). The molecule has 0 spiro atoms. The van der Waals surface area contributed by atoms with E-state index < -0.39 is 23.6 Å². The quantitative estimate of drug-likeness (QED) is 0.906. The number of halogens is 1. The van der Waals surface area contributed by atoms with E-state index in [1.54, 1.807) is 13.0 Å². The maximum Gasteiger partial charge on any atom is 0.249 e. The van der Waals surface area contributed by atoms with E-state index in [-0.39, 0.29) is 5.91 Å². The third kappa shape index (κ3) is 2.36. The molecule has 6 heteroatoms. The second kappa shape index (κ2) is 5.50. The van der Waals surface area contributed by atoms with Gasteiger partial charge >= 0.3 is 0 Å². The first-order chi connectivity index (χ1) is 9.58. The number of nitrogens with one attached hydrogen (secondary N) is 1. The second-order valence-electron chi connectivity index (χ2n) is 4.52. The largest absolute Gasteiger partial charge is 0.272 e. The average Bonchev–Trinajstić information content (AvgIpc) is 2.76. The predicted molar refractivity (Wildman–Crippen MR) is 68.6 cm³/mol. The van der Waals surface area contributed by atoms with E-state index >= 15 is 0 Å². The van der Waals surface area contributed by atoms with E-state index in [9.17, 15) is 9.18 Å². The van der Waals surface area contributed by atoms with Crippen LogP contribution in [0.1, 0.15) is 18.4 Å². The molecule has 0 bridgehead atoms. The van der Waals surface area contributed by atoms with Gasteiger partial charge in [0, 0.05) is 11.6 Å². The highest BCUT2D eigenvalue weighted by molar-refractivity contribution is 6.07. The average molecular weight is 270 g/mol. The highest BCUT2D eigenvalue weighted by Gasteiger charge is 2.40. The van der Waals surface area contributed by atoms with Gasteiger partial charge in [-0.15, -0.1) is 0 Å². The molecule has 1 aromatic carbocycles. The molecule has 1 N–H and O–H groups in total. The Morgan fingerprint density at radius 1 is 1.40 bits per heavy atom. The molecule has 1 aliphatic rings. The molecule has 5 nitrogen and oxygen atoms in total. The molecular formula is C14H11FN4O. The summed E-state index contributed by atoms with van der Waals surface area (Å²) in [5.41, 5.74) is 3.25. The summed E-state index contributed by atoms with van der Waals surface area (Å²) >= 11 is 0. The second-order valence-corrected chi connectivity index (χ2v) is 4.52. The third-order valence-corrected chi connectivity index (χ3v) is 3.30.